The molecule has 2 aliphatic heterocycles. The van der Waals surface area contributed by atoms with Crippen LogP contribution in [0.2, 0.25) is 0 Å². The number of hydrogen-bond donors (Lipinski definition) is 0. The van der Waals surface area contributed by atoms with Crippen molar-refractivity contribution >= 4 is 29.8 Å². The highest BCUT2D eigenvalue weighted by Crippen LogP contribution is 2.66. The lowest BCUT2D eigenvalue weighted by Crippen LogP contribution is -2.55. The molecule has 0 N–H and O–H groups in total. The zero-order valence-corrected chi connectivity index (χ0v) is 23.8. The monoisotopic (exact) mass is 579 g/mol. The Balaban J connectivity index is 1.13. The van der Waals surface area contributed by atoms with Crippen LogP contribution in [0.25, 0.3) is 0 Å². The Hall–Kier alpha value is -4.65. The van der Waals surface area contributed by atoms with Crippen LogP contribution in [-0.4, -0.2) is 39.8 Å². The largest absolute Gasteiger partial charge is 0.278 e. The molecule has 7 aliphatic carbocycles. The van der Waals surface area contributed by atoms with Crippen molar-refractivity contribution in [2.45, 2.75) is 24.3 Å². The highest BCUT2D eigenvalue weighted by molar-refractivity contribution is 6.12. The lowest BCUT2D eigenvalue weighted by Gasteiger charge is -2.52. The molecule has 0 radical (unpaired) electrons. The standard InChI is InChI=1S/C37H29N3O4/c41-33-31-28-22-10-4-6-12-26(22)37(27-13-7-5-11-23(27)28,32(31)36(44)39(33)17-19-8-2-1-3-9-19)18-38-40-34(42)29-20-14-15-21(25-16-24(20)25)30(29)35(40)43/h1-15,18,20-21,24-25,28-32H,16-17H2/b38-18-/t20-,21-,24-,25+,28?,29-,30+,31+,32-,37?/m0/s1. The first kappa shape index (κ1) is 24.8. The molecule has 44 heavy (non-hydrogen) atoms. The van der Waals surface area contributed by atoms with Gasteiger partial charge in [-0.2, -0.15) is 10.1 Å². The summed E-state index contributed by atoms with van der Waals surface area (Å²) in [6.07, 6.45) is 7.08. The number of benzene rings is 3. The molecular weight excluding hydrogens is 550 g/mol. The van der Waals surface area contributed by atoms with Crippen molar-refractivity contribution in [2.75, 3.05) is 0 Å². The lowest BCUT2D eigenvalue weighted by molar-refractivity contribution is -0.141. The summed E-state index contributed by atoms with van der Waals surface area (Å²) in [7, 11) is 0. The van der Waals surface area contributed by atoms with E-state index >= 15 is 0 Å². The van der Waals surface area contributed by atoms with Crippen LogP contribution in [0, 0.1) is 47.3 Å². The molecule has 0 unspecified atom stereocenters. The fourth-order valence-electron chi connectivity index (χ4n) is 10.2. The van der Waals surface area contributed by atoms with Crippen LogP contribution in [0.15, 0.2) is 96.1 Å². The first-order valence-electron chi connectivity index (χ1n) is 15.7. The van der Waals surface area contributed by atoms with Gasteiger partial charge in [0, 0.05) is 12.1 Å². The molecule has 4 fully saturated rings. The van der Waals surface area contributed by atoms with E-state index in [0.717, 1.165) is 39.2 Å². The summed E-state index contributed by atoms with van der Waals surface area (Å²) in [6.45, 7) is 0.197. The van der Waals surface area contributed by atoms with Crippen molar-refractivity contribution in [1.29, 1.82) is 0 Å². The molecule has 7 nitrogen and oxygen atoms in total. The molecular formula is C37H29N3O4. The predicted molar refractivity (Wildman–Crippen MR) is 160 cm³/mol. The van der Waals surface area contributed by atoms with Gasteiger partial charge in [0.25, 0.3) is 11.8 Å². The van der Waals surface area contributed by atoms with Crippen molar-refractivity contribution in [3.8, 4) is 0 Å². The van der Waals surface area contributed by atoms with E-state index in [0.29, 0.717) is 11.8 Å². The molecule has 2 heterocycles. The Morgan fingerprint density at radius 1 is 0.682 bits per heavy atom. The number of hydrazone groups is 1. The van der Waals surface area contributed by atoms with E-state index in [-0.39, 0.29) is 59.8 Å². The van der Waals surface area contributed by atoms with Gasteiger partial charge in [-0.05, 0) is 57.9 Å². The number of carbonyl (C=O) groups is 4. The molecule has 0 aromatic heterocycles. The number of allylic oxidation sites excluding steroid dienone is 2. The summed E-state index contributed by atoms with van der Waals surface area (Å²) in [5, 5.41) is 5.87. The summed E-state index contributed by atoms with van der Waals surface area (Å²) in [4.78, 5) is 58.0. The van der Waals surface area contributed by atoms with E-state index < -0.39 is 17.3 Å². The second kappa shape index (κ2) is 8.29. The maximum absolute atomic E-state index is 14.5. The number of hydrogen-bond acceptors (Lipinski definition) is 5. The van der Waals surface area contributed by atoms with E-state index in [2.05, 4.69) is 12.2 Å². The van der Waals surface area contributed by atoms with Crippen molar-refractivity contribution in [3.63, 3.8) is 0 Å². The second-order valence-corrected chi connectivity index (χ2v) is 13.7. The minimum absolute atomic E-state index is 0.0985. The minimum Gasteiger partial charge on any atom is -0.278 e. The van der Waals surface area contributed by atoms with Crippen molar-refractivity contribution in [2.24, 2.45) is 52.4 Å². The van der Waals surface area contributed by atoms with Gasteiger partial charge < -0.3 is 0 Å². The van der Waals surface area contributed by atoms with Gasteiger partial charge in [0.05, 0.1) is 35.6 Å². The maximum Gasteiger partial charge on any atom is 0.254 e. The Bertz CT molecular complexity index is 1810. The summed E-state index contributed by atoms with van der Waals surface area (Å²) in [5.41, 5.74) is 3.59. The molecule has 7 heteroatoms. The second-order valence-electron chi connectivity index (χ2n) is 13.7. The van der Waals surface area contributed by atoms with Crippen LogP contribution in [0.4, 0.5) is 0 Å². The van der Waals surface area contributed by atoms with Crippen molar-refractivity contribution < 1.29 is 19.2 Å². The molecule has 2 saturated heterocycles. The highest BCUT2D eigenvalue weighted by atomic mass is 16.2. The van der Waals surface area contributed by atoms with Crippen LogP contribution >= 0.6 is 0 Å². The smallest absolute Gasteiger partial charge is 0.254 e. The number of rotatable bonds is 4. The molecule has 4 amide bonds. The number of amides is 4. The molecule has 216 valence electrons. The average Bonchev–Trinajstić information content (AvgIpc) is 3.80. The van der Waals surface area contributed by atoms with Gasteiger partial charge in [0.1, 0.15) is 0 Å². The quantitative estimate of drug-likeness (QED) is 0.263. The molecule has 4 bridgehead atoms. The zero-order chi connectivity index (χ0) is 29.5. The van der Waals surface area contributed by atoms with Gasteiger partial charge in [-0.15, -0.1) is 0 Å². The first-order chi connectivity index (χ1) is 21.5. The average molecular weight is 580 g/mol. The maximum atomic E-state index is 14.5. The van der Waals surface area contributed by atoms with Crippen LogP contribution < -0.4 is 0 Å². The molecule has 12 rings (SSSR count). The normalized spacial score (nSPS) is 38.2. The summed E-state index contributed by atoms with van der Waals surface area (Å²) >= 11 is 0. The molecule has 3 aromatic carbocycles. The number of likely N-dealkylation sites (tertiary alicyclic amines) is 1. The third kappa shape index (κ3) is 2.82. The van der Waals surface area contributed by atoms with Gasteiger partial charge in [-0.25, -0.2) is 0 Å². The minimum atomic E-state index is -1.11. The lowest BCUT2D eigenvalue weighted by atomic mass is 9.47. The van der Waals surface area contributed by atoms with Crippen molar-refractivity contribution in [1.82, 2.24) is 9.91 Å². The van der Waals surface area contributed by atoms with Crippen LogP contribution in [-0.2, 0) is 31.1 Å². The number of nitrogens with zero attached hydrogens (tertiary/aromatic N) is 3. The molecule has 0 spiro atoms. The Kier molecular flexibility index (Phi) is 4.66. The fraction of sp³-hybridized carbons (Fsp3) is 0.324. The Labute approximate surface area is 254 Å². The van der Waals surface area contributed by atoms with E-state index in [9.17, 15) is 19.2 Å². The SMILES string of the molecule is O=C1[C@@H]2C3c4ccccc4C(/C=N\N4C(=O)[C@@H]5[C@H]6C=C[C@@H]([C@@H]7C[C@H]67)[C@@H]5C4=O)(c4ccccc43)[C@@H]2C(=O)N1Cc1ccccc1. The van der Waals surface area contributed by atoms with E-state index in [1.165, 1.54) is 4.90 Å². The molecule has 8 atom stereocenters. The van der Waals surface area contributed by atoms with E-state index in [4.69, 9.17) is 5.10 Å². The summed E-state index contributed by atoms with van der Waals surface area (Å²) < 4.78 is 0. The van der Waals surface area contributed by atoms with Crippen LogP contribution in [0.5, 0.6) is 0 Å². The first-order valence-corrected chi connectivity index (χ1v) is 15.7. The third-order valence-electron chi connectivity index (χ3n) is 12.0. The van der Waals surface area contributed by atoms with Gasteiger partial charge >= 0.3 is 0 Å². The fourth-order valence-corrected chi connectivity index (χ4v) is 10.2. The van der Waals surface area contributed by atoms with Gasteiger partial charge in [-0.1, -0.05) is 91.0 Å². The van der Waals surface area contributed by atoms with Crippen LogP contribution in [0.3, 0.4) is 0 Å². The highest BCUT2D eigenvalue weighted by Gasteiger charge is 2.69. The summed E-state index contributed by atoms with van der Waals surface area (Å²) in [6, 6.07) is 25.5. The Morgan fingerprint density at radius 2 is 1.25 bits per heavy atom. The van der Waals surface area contributed by atoms with Gasteiger partial charge in [-0.3, -0.25) is 24.1 Å². The van der Waals surface area contributed by atoms with Gasteiger partial charge in [0.2, 0.25) is 11.8 Å². The molecule has 3 aromatic rings. The third-order valence-corrected chi connectivity index (χ3v) is 12.0. The topological polar surface area (TPSA) is 87.1 Å². The molecule has 9 aliphatic rings. The zero-order valence-electron chi connectivity index (χ0n) is 23.8. The van der Waals surface area contributed by atoms with Crippen LogP contribution in [0.1, 0.15) is 40.2 Å². The van der Waals surface area contributed by atoms with E-state index in [1.807, 2.05) is 78.9 Å². The number of imide groups is 2. The van der Waals surface area contributed by atoms with Gasteiger partial charge in [0.15, 0.2) is 0 Å². The Morgan fingerprint density at radius 3 is 1.86 bits per heavy atom. The predicted octanol–water partition coefficient (Wildman–Crippen LogP) is 4.27. The molecule has 2 saturated carbocycles. The van der Waals surface area contributed by atoms with E-state index in [1.54, 1.807) is 6.21 Å². The summed E-state index contributed by atoms with van der Waals surface area (Å²) in [5.74, 6) is -2.04. The number of carbonyl (C=O) groups excluding carboxylic acids is 4. The van der Waals surface area contributed by atoms with Crippen molar-refractivity contribution in [3.05, 3.63) is 119 Å².